The van der Waals surface area contributed by atoms with Gasteiger partial charge in [-0.2, -0.15) is 0 Å². The van der Waals surface area contributed by atoms with Crippen LogP contribution in [0.4, 0.5) is 10.2 Å². The number of para-hydroxylation sites is 1. The van der Waals surface area contributed by atoms with E-state index in [1.54, 1.807) is 31.2 Å². The molecule has 1 aromatic heterocycles. The number of carbonyl (C=O) groups excluding carboxylic acids is 3. The summed E-state index contributed by atoms with van der Waals surface area (Å²) in [7, 11) is 2.92. The Labute approximate surface area is 232 Å². The molecule has 0 aliphatic rings. The van der Waals surface area contributed by atoms with E-state index in [1.807, 2.05) is 20.8 Å². The topological polar surface area (TPSA) is 123 Å². The molecule has 11 heteroatoms. The molecule has 0 bridgehead atoms. The van der Waals surface area contributed by atoms with Crippen LogP contribution in [0, 0.1) is 12.7 Å². The first-order chi connectivity index (χ1) is 18.9. The number of aromatic nitrogens is 1. The van der Waals surface area contributed by atoms with Gasteiger partial charge in [-0.05, 0) is 51.5 Å². The maximum Gasteiger partial charge on any atom is 0.248 e. The van der Waals surface area contributed by atoms with Crippen LogP contribution < -0.4 is 20.1 Å². The largest absolute Gasteiger partial charge is 0.493 e. The van der Waals surface area contributed by atoms with Gasteiger partial charge in [0.15, 0.2) is 17.3 Å². The number of nitrogens with one attached hydrogen (secondary N) is 2. The fourth-order valence-corrected chi connectivity index (χ4v) is 4.12. The van der Waals surface area contributed by atoms with Gasteiger partial charge in [0.05, 0.1) is 14.2 Å². The van der Waals surface area contributed by atoms with Crippen LogP contribution >= 0.6 is 0 Å². The number of hydrogen-bond donors (Lipinski definition) is 2. The standard InChI is InChI=1S/C29H35FN4O6/c1-18-16-23(33-40-18)31-24(35)14-15-25(36)34(17-19-10-12-20(30)13-11-19)26(28(37)32-29(2,3)4)21-8-7-9-22(38-5)27(21)39-6/h7-13,16,26H,14-15,17H2,1-6H3,(H,32,37)(H,31,33,35)/t26-/m1/s1. The number of hydrogen-bond acceptors (Lipinski definition) is 7. The molecule has 40 heavy (non-hydrogen) atoms. The Kier molecular flexibility index (Phi) is 9.87. The minimum absolute atomic E-state index is 0.0359. The van der Waals surface area contributed by atoms with E-state index in [9.17, 15) is 18.8 Å². The molecule has 1 heterocycles. The van der Waals surface area contributed by atoms with E-state index in [4.69, 9.17) is 14.0 Å². The van der Waals surface area contributed by atoms with Crippen molar-refractivity contribution in [3.05, 3.63) is 71.2 Å². The lowest BCUT2D eigenvalue weighted by molar-refractivity contribution is -0.142. The van der Waals surface area contributed by atoms with Crippen molar-refractivity contribution in [1.82, 2.24) is 15.4 Å². The molecule has 0 spiro atoms. The van der Waals surface area contributed by atoms with Crippen LogP contribution in [0.3, 0.4) is 0 Å². The molecule has 10 nitrogen and oxygen atoms in total. The van der Waals surface area contributed by atoms with Crippen LogP contribution in [0.1, 0.15) is 56.5 Å². The molecule has 2 aromatic carbocycles. The highest BCUT2D eigenvalue weighted by atomic mass is 19.1. The second-order valence-electron chi connectivity index (χ2n) is 10.2. The van der Waals surface area contributed by atoms with E-state index in [0.29, 0.717) is 22.6 Å². The first kappa shape index (κ1) is 30.1. The number of nitrogens with zero attached hydrogens (tertiary/aromatic N) is 2. The summed E-state index contributed by atoms with van der Waals surface area (Å²) in [5.74, 6) is -0.388. The summed E-state index contributed by atoms with van der Waals surface area (Å²) >= 11 is 0. The summed E-state index contributed by atoms with van der Waals surface area (Å²) in [6.07, 6.45) is -0.386. The third kappa shape index (κ3) is 8.05. The number of anilines is 1. The average molecular weight is 555 g/mol. The van der Waals surface area contributed by atoms with Gasteiger partial charge in [-0.1, -0.05) is 29.4 Å². The molecule has 0 radical (unpaired) electrons. The molecule has 2 N–H and O–H groups in total. The van der Waals surface area contributed by atoms with Gasteiger partial charge in [-0.3, -0.25) is 14.4 Å². The maximum absolute atomic E-state index is 13.8. The van der Waals surface area contributed by atoms with E-state index in [0.717, 1.165) is 0 Å². The molecule has 0 aliphatic heterocycles. The minimum atomic E-state index is -1.16. The predicted octanol–water partition coefficient (Wildman–Crippen LogP) is 4.54. The fraction of sp³-hybridized carbons (Fsp3) is 0.379. The summed E-state index contributed by atoms with van der Waals surface area (Å²) in [6, 6.07) is 11.1. The summed E-state index contributed by atoms with van der Waals surface area (Å²) in [5, 5.41) is 9.27. The van der Waals surface area contributed by atoms with Crippen molar-refractivity contribution >= 4 is 23.5 Å². The number of ether oxygens (including phenoxy) is 2. The monoisotopic (exact) mass is 554 g/mol. The van der Waals surface area contributed by atoms with Crippen molar-refractivity contribution in [1.29, 1.82) is 0 Å². The average Bonchev–Trinajstić information content (AvgIpc) is 3.30. The van der Waals surface area contributed by atoms with Crippen molar-refractivity contribution < 1.29 is 32.8 Å². The lowest BCUT2D eigenvalue weighted by Crippen LogP contribution is -2.49. The van der Waals surface area contributed by atoms with Crippen molar-refractivity contribution in [3.63, 3.8) is 0 Å². The zero-order chi connectivity index (χ0) is 29.4. The van der Waals surface area contributed by atoms with Gasteiger partial charge in [0.2, 0.25) is 17.7 Å². The number of methoxy groups -OCH3 is 2. The molecule has 0 unspecified atom stereocenters. The molecule has 3 amide bonds. The molecular weight excluding hydrogens is 519 g/mol. The molecule has 0 saturated heterocycles. The normalized spacial score (nSPS) is 11.9. The maximum atomic E-state index is 13.8. The van der Waals surface area contributed by atoms with Gasteiger partial charge in [0, 0.05) is 36.6 Å². The third-order valence-corrected chi connectivity index (χ3v) is 5.83. The smallest absolute Gasteiger partial charge is 0.248 e. The van der Waals surface area contributed by atoms with Crippen LogP contribution in [-0.4, -0.2) is 47.5 Å². The lowest BCUT2D eigenvalue weighted by atomic mass is 9.98. The summed E-state index contributed by atoms with van der Waals surface area (Å²) in [5.41, 5.74) is 0.357. The third-order valence-electron chi connectivity index (χ3n) is 5.83. The van der Waals surface area contributed by atoms with E-state index in [-0.39, 0.29) is 31.0 Å². The summed E-state index contributed by atoms with van der Waals surface area (Å²) in [6.45, 7) is 7.13. The predicted molar refractivity (Wildman–Crippen MR) is 146 cm³/mol. The SMILES string of the molecule is COc1cccc([C@H](C(=O)NC(C)(C)C)N(Cc2ccc(F)cc2)C(=O)CCC(=O)Nc2cc(C)on2)c1OC. The fourth-order valence-electron chi connectivity index (χ4n) is 4.12. The first-order valence-electron chi connectivity index (χ1n) is 12.7. The molecular formula is C29H35FN4O6. The summed E-state index contributed by atoms with van der Waals surface area (Å²) in [4.78, 5) is 41.6. The Morgan fingerprint density at radius 1 is 1.05 bits per heavy atom. The van der Waals surface area contributed by atoms with Crippen molar-refractivity contribution in [2.45, 2.75) is 58.7 Å². The van der Waals surface area contributed by atoms with Crippen molar-refractivity contribution in [2.75, 3.05) is 19.5 Å². The van der Waals surface area contributed by atoms with E-state index in [2.05, 4.69) is 15.8 Å². The molecule has 0 aliphatic carbocycles. The second kappa shape index (κ2) is 13.1. The van der Waals surface area contributed by atoms with E-state index in [1.165, 1.54) is 43.4 Å². The number of halogens is 1. The minimum Gasteiger partial charge on any atom is -0.493 e. The van der Waals surface area contributed by atoms with Crippen molar-refractivity contribution in [3.8, 4) is 11.5 Å². The zero-order valence-electron chi connectivity index (χ0n) is 23.5. The molecule has 1 atom stereocenters. The van der Waals surface area contributed by atoms with Gasteiger partial charge in [0.25, 0.3) is 0 Å². The Bertz CT molecular complexity index is 1330. The number of aryl methyl sites for hydroxylation is 1. The van der Waals surface area contributed by atoms with Crippen LogP contribution in [0.5, 0.6) is 11.5 Å². The van der Waals surface area contributed by atoms with Crippen LogP contribution in [0.25, 0.3) is 0 Å². The quantitative estimate of drug-likeness (QED) is 0.357. The van der Waals surface area contributed by atoms with Gasteiger partial charge >= 0.3 is 0 Å². The van der Waals surface area contributed by atoms with Gasteiger partial charge in [0.1, 0.15) is 17.6 Å². The van der Waals surface area contributed by atoms with E-state index < -0.39 is 35.1 Å². The second-order valence-corrected chi connectivity index (χ2v) is 10.2. The Balaban J connectivity index is 2.01. The van der Waals surface area contributed by atoms with Gasteiger partial charge in [-0.15, -0.1) is 0 Å². The zero-order valence-corrected chi connectivity index (χ0v) is 23.5. The first-order valence-corrected chi connectivity index (χ1v) is 12.7. The molecule has 3 aromatic rings. The highest BCUT2D eigenvalue weighted by Gasteiger charge is 2.36. The number of rotatable bonds is 11. The Morgan fingerprint density at radius 3 is 2.33 bits per heavy atom. The van der Waals surface area contributed by atoms with E-state index >= 15 is 0 Å². The number of amides is 3. The number of carbonyl (C=O) groups is 3. The Hall–Kier alpha value is -4.41. The molecule has 0 fully saturated rings. The van der Waals surface area contributed by atoms with Gasteiger partial charge in [-0.25, -0.2) is 4.39 Å². The highest BCUT2D eigenvalue weighted by molar-refractivity contribution is 5.94. The van der Waals surface area contributed by atoms with Gasteiger partial charge < -0.3 is 29.5 Å². The highest BCUT2D eigenvalue weighted by Crippen LogP contribution is 2.38. The lowest BCUT2D eigenvalue weighted by Gasteiger charge is -2.34. The Morgan fingerprint density at radius 2 is 1.75 bits per heavy atom. The number of benzene rings is 2. The summed E-state index contributed by atoms with van der Waals surface area (Å²) < 4.78 is 29.7. The van der Waals surface area contributed by atoms with Crippen LogP contribution in [-0.2, 0) is 20.9 Å². The van der Waals surface area contributed by atoms with Crippen molar-refractivity contribution in [2.24, 2.45) is 0 Å². The van der Waals surface area contributed by atoms with Crippen LogP contribution in [0.15, 0.2) is 53.1 Å². The molecule has 214 valence electrons. The molecule has 3 rings (SSSR count). The molecule has 0 saturated carbocycles. The van der Waals surface area contributed by atoms with Crippen LogP contribution in [0.2, 0.25) is 0 Å².